The molecule has 1 aromatic heterocycles. The number of carbonyl (C=O) groups excluding carboxylic acids is 3. The molecule has 11 heteroatoms. The molecule has 1 saturated carbocycles. The monoisotopic (exact) mass is 492 g/mol. The average Bonchev–Trinajstić information content (AvgIpc) is 3.59. The van der Waals surface area contributed by atoms with Gasteiger partial charge in [-0.3, -0.25) is 14.4 Å². The molecule has 3 N–H and O–H groups in total. The minimum atomic E-state index is -4.69. The number of ketones is 1. The van der Waals surface area contributed by atoms with Gasteiger partial charge < -0.3 is 25.2 Å². The van der Waals surface area contributed by atoms with E-state index in [2.05, 4.69) is 10.3 Å². The number of benzene rings is 1. The second-order valence-corrected chi connectivity index (χ2v) is 9.09. The van der Waals surface area contributed by atoms with E-state index < -0.39 is 29.2 Å². The number of aromatic nitrogens is 1. The molecule has 1 aliphatic heterocycles. The molecule has 0 radical (unpaired) electrons. The topological polar surface area (TPSA) is 106 Å². The molecule has 0 bridgehead atoms. The van der Waals surface area contributed by atoms with E-state index in [0.717, 1.165) is 25.0 Å². The molecule has 4 rings (SSSR count). The summed E-state index contributed by atoms with van der Waals surface area (Å²) in [7, 11) is 0. The quantitative estimate of drug-likeness (QED) is 0.425. The second-order valence-electron chi connectivity index (χ2n) is 9.09. The molecule has 2 heterocycles. The second kappa shape index (κ2) is 9.27. The number of halogens is 3. The van der Waals surface area contributed by atoms with Gasteiger partial charge in [-0.25, -0.2) is 0 Å². The van der Waals surface area contributed by atoms with Gasteiger partial charge in [-0.15, -0.1) is 0 Å². The van der Waals surface area contributed by atoms with Crippen molar-refractivity contribution < 1.29 is 32.7 Å². The van der Waals surface area contributed by atoms with Gasteiger partial charge in [-0.05, 0) is 56.4 Å². The maximum Gasteiger partial charge on any atom is 0.420 e. The molecule has 35 heavy (non-hydrogen) atoms. The van der Waals surface area contributed by atoms with Crippen molar-refractivity contribution in [1.82, 2.24) is 15.2 Å². The van der Waals surface area contributed by atoms with Crippen LogP contribution in [0.15, 0.2) is 18.2 Å². The molecule has 2 fully saturated rings. The molecular formula is C24H27F3N4O4. The third-order valence-electron chi connectivity index (χ3n) is 6.55. The number of phenols is 1. The van der Waals surface area contributed by atoms with Crippen LogP contribution in [0.3, 0.4) is 0 Å². The highest BCUT2D eigenvalue weighted by atomic mass is 19.4. The minimum absolute atomic E-state index is 0.143. The van der Waals surface area contributed by atoms with Crippen LogP contribution in [0, 0.1) is 19.8 Å². The van der Waals surface area contributed by atoms with Crippen molar-refractivity contribution in [2.24, 2.45) is 5.92 Å². The summed E-state index contributed by atoms with van der Waals surface area (Å²) in [6.07, 6.45) is -2.51. The summed E-state index contributed by atoms with van der Waals surface area (Å²) in [5, 5.41) is 12.4. The fourth-order valence-electron chi connectivity index (χ4n) is 4.33. The molecule has 0 unspecified atom stereocenters. The van der Waals surface area contributed by atoms with Crippen molar-refractivity contribution in [3.8, 4) is 5.75 Å². The number of aromatic amines is 1. The Labute approximate surface area is 200 Å². The number of carbonyl (C=O) groups is 3. The number of alkyl halides is 3. The van der Waals surface area contributed by atoms with Crippen LogP contribution in [0.4, 0.5) is 18.9 Å². The first-order valence-electron chi connectivity index (χ1n) is 11.4. The van der Waals surface area contributed by atoms with Crippen LogP contribution >= 0.6 is 0 Å². The number of nitrogens with zero attached hydrogens (tertiary/aromatic N) is 2. The number of hydrogen-bond acceptors (Lipinski definition) is 5. The van der Waals surface area contributed by atoms with E-state index in [9.17, 15) is 32.7 Å². The number of phenolic OH excluding ortho intramolecular Hbond substituents is 1. The van der Waals surface area contributed by atoms with Gasteiger partial charge in [0.25, 0.3) is 17.6 Å². The van der Waals surface area contributed by atoms with E-state index in [1.54, 1.807) is 18.7 Å². The Hall–Kier alpha value is -3.50. The van der Waals surface area contributed by atoms with Crippen LogP contribution in [0.5, 0.6) is 5.75 Å². The van der Waals surface area contributed by atoms with Crippen LogP contribution in [0.1, 0.15) is 50.5 Å². The summed E-state index contributed by atoms with van der Waals surface area (Å²) < 4.78 is 39.3. The fourth-order valence-corrected chi connectivity index (χ4v) is 4.33. The average molecular weight is 492 g/mol. The zero-order valence-corrected chi connectivity index (χ0v) is 19.5. The standard InChI is InChI=1S/C24H27F3N4O4/c1-13-19(14(2)29-20(13)22(34)28-12-15-3-4-15)21(33)23(35)31-9-7-30(8-10-31)16-5-6-18(32)17(11-16)24(25,26)27/h5-6,11,15,29,32H,3-4,7-10,12H2,1-2H3,(H,28,34). The summed E-state index contributed by atoms with van der Waals surface area (Å²) >= 11 is 0. The summed E-state index contributed by atoms with van der Waals surface area (Å²) in [6.45, 7) is 4.56. The summed E-state index contributed by atoms with van der Waals surface area (Å²) in [5.41, 5.74) is 0.419. The van der Waals surface area contributed by atoms with Gasteiger partial charge in [-0.1, -0.05) is 0 Å². The van der Waals surface area contributed by atoms with E-state index in [0.29, 0.717) is 23.7 Å². The van der Waals surface area contributed by atoms with Gasteiger partial charge in [-0.2, -0.15) is 13.2 Å². The first-order valence-corrected chi connectivity index (χ1v) is 11.4. The number of H-pyrrole nitrogens is 1. The van der Waals surface area contributed by atoms with Gasteiger partial charge in [0, 0.05) is 44.1 Å². The number of rotatable bonds is 6. The highest BCUT2D eigenvalue weighted by Crippen LogP contribution is 2.38. The number of amides is 2. The number of anilines is 1. The predicted octanol–water partition coefficient (Wildman–Crippen LogP) is 3.03. The summed E-state index contributed by atoms with van der Waals surface area (Å²) in [4.78, 5) is 44.4. The zero-order valence-electron chi connectivity index (χ0n) is 19.5. The minimum Gasteiger partial charge on any atom is -0.507 e. The van der Waals surface area contributed by atoms with Gasteiger partial charge >= 0.3 is 6.18 Å². The van der Waals surface area contributed by atoms with Crippen molar-refractivity contribution >= 4 is 23.3 Å². The summed E-state index contributed by atoms with van der Waals surface area (Å²) in [6, 6.07) is 3.25. The SMILES string of the molecule is Cc1[nH]c(C(=O)NCC2CC2)c(C)c1C(=O)C(=O)N1CCN(c2ccc(O)c(C(F)(F)F)c2)CC1. The highest BCUT2D eigenvalue weighted by Gasteiger charge is 2.35. The Balaban J connectivity index is 1.42. The van der Waals surface area contributed by atoms with Crippen molar-refractivity contribution in [3.63, 3.8) is 0 Å². The van der Waals surface area contributed by atoms with Crippen LogP contribution in [-0.2, 0) is 11.0 Å². The molecule has 2 aromatic rings. The lowest BCUT2D eigenvalue weighted by molar-refractivity contribution is -0.138. The number of aryl methyl sites for hydroxylation is 1. The third kappa shape index (κ3) is 5.13. The Kier molecular flexibility index (Phi) is 6.52. The van der Waals surface area contributed by atoms with Crippen LogP contribution in [0.2, 0.25) is 0 Å². The Morgan fingerprint density at radius 3 is 2.37 bits per heavy atom. The van der Waals surface area contributed by atoms with Crippen LogP contribution in [-0.4, -0.2) is 65.3 Å². The molecule has 0 spiro atoms. The van der Waals surface area contributed by atoms with E-state index in [1.165, 1.54) is 11.0 Å². The van der Waals surface area contributed by atoms with E-state index in [4.69, 9.17) is 0 Å². The van der Waals surface area contributed by atoms with Crippen molar-refractivity contribution in [2.75, 3.05) is 37.6 Å². The normalized spacial score (nSPS) is 16.4. The maximum absolute atomic E-state index is 13.1. The first-order chi connectivity index (χ1) is 16.5. The number of hydrogen-bond donors (Lipinski definition) is 3. The fraction of sp³-hybridized carbons (Fsp3) is 0.458. The van der Waals surface area contributed by atoms with Gasteiger partial charge in [0.05, 0.1) is 11.1 Å². The molecular weight excluding hydrogens is 465 g/mol. The molecule has 2 amide bonds. The zero-order chi connectivity index (χ0) is 25.5. The number of aromatic hydroxyl groups is 1. The molecule has 1 aromatic carbocycles. The molecule has 2 aliphatic rings. The molecule has 188 valence electrons. The van der Waals surface area contributed by atoms with Gasteiger partial charge in [0.2, 0.25) is 0 Å². The predicted molar refractivity (Wildman–Crippen MR) is 122 cm³/mol. The van der Waals surface area contributed by atoms with Crippen molar-refractivity contribution in [1.29, 1.82) is 0 Å². The molecule has 8 nitrogen and oxygen atoms in total. The Bertz CT molecular complexity index is 1160. The van der Waals surface area contributed by atoms with E-state index >= 15 is 0 Å². The lowest BCUT2D eigenvalue weighted by Crippen LogP contribution is -2.50. The number of nitrogens with one attached hydrogen (secondary N) is 2. The third-order valence-corrected chi connectivity index (χ3v) is 6.55. The largest absolute Gasteiger partial charge is 0.507 e. The van der Waals surface area contributed by atoms with Crippen molar-refractivity contribution in [3.05, 3.63) is 46.3 Å². The Morgan fingerprint density at radius 1 is 1.11 bits per heavy atom. The van der Waals surface area contributed by atoms with E-state index in [1.807, 2.05) is 0 Å². The van der Waals surface area contributed by atoms with Crippen molar-refractivity contribution in [2.45, 2.75) is 32.9 Å². The van der Waals surface area contributed by atoms with Crippen LogP contribution in [0.25, 0.3) is 0 Å². The first kappa shape index (κ1) is 24.6. The molecule has 0 atom stereocenters. The number of piperazine rings is 1. The number of Topliss-reactive ketones (excluding diaryl/α,β-unsaturated/α-hetero) is 1. The maximum atomic E-state index is 13.1. The van der Waals surface area contributed by atoms with E-state index in [-0.39, 0.29) is 49.0 Å². The highest BCUT2D eigenvalue weighted by molar-refractivity contribution is 6.43. The lowest BCUT2D eigenvalue weighted by Gasteiger charge is -2.36. The van der Waals surface area contributed by atoms with Gasteiger partial charge in [0.1, 0.15) is 11.4 Å². The molecule has 1 aliphatic carbocycles. The Morgan fingerprint density at radius 2 is 1.77 bits per heavy atom. The summed E-state index contributed by atoms with van der Waals surface area (Å²) in [5.74, 6) is -2.11. The molecule has 1 saturated heterocycles. The lowest BCUT2D eigenvalue weighted by atomic mass is 10.0. The van der Waals surface area contributed by atoms with Gasteiger partial charge in [0.15, 0.2) is 0 Å². The smallest absolute Gasteiger partial charge is 0.420 e. The van der Waals surface area contributed by atoms with Crippen LogP contribution < -0.4 is 10.2 Å².